The van der Waals surface area contributed by atoms with E-state index in [4.69, 9.17) is 9.47 Å². The van der Waals surface area contributed by atoms with Gasteiger partial charge in [-0.25, -0.2) is 5.43 Å². The van der Waals surface area contributed by atoms with E-state index in [9.17, 15) is 9.59 Å². The lowest BCUT2D eigenvalue weighted by Gasteiger charge is -2.07. The number of nitrogens with zero attached hydrogens (tertiary/aromatic N) is 1. The normalized spacial score (nSPS) is 10.9. The van der Waals surface area contributed by atoms with E-state index in [-0.39, 0.29) is 18.9 Å². The number of aryl methyl sites for hydroxylation is 1. The zero-order valence-corrected chi connectivity index (χ0v) is 15.6. The number of hydrogen-bond acceptors (Lipinski definition) is 5. The highest BCUT2D eigenvalue weighted by atomic mass is 16.5. The number of amides is 2. The van der Waals surface area contributed by atoms with Crippen LogP contribution in [-0.2, 0) is 9.59 Å². The molecule has 27 heavy (non-hydrogen) atoms. The van der Waals surface area contributed by atoms with Crippen molar-refractivity contribution in [3.8, 4) is 11.5 Å². The molecule has 0 aromatic heterocycles. The molecule has 7 heteroatoms. The van der Waals surface area contributed by atoms with Crippen LogP contribution in [0.3, 0.4) is 0 Å². The molecule has 7 nitrogen and oxygen atoms in total. The second-order valence-corrected chi connectivity index (χ2v) is 5.94. The van der Waals surface area contributed by atoms with Crippen molar-refractivity contribution in [1.82, 2.24) is 5.43 Å². The number of benzene rings is 2. The average Bonchev–Trinajstić information content (AvgIpc) is 2.66. The molecule has 0 spiro atoms. The van der Waals surface area contributed by atoms with Gasteiger partial charge >= 0.3 is 0 Å². The van der Waals surface area contributed by atoms with Gasteiger partial charge in [0.2, 0.25) is 5.91 Å². The Bertz CT molecular complexity index is 816. The fraction of sp³-hybridized carbons (Fsp3) is 0.250. The van der Waals surface area contributed by atoms with Crippen LogP contribution in [0.15, 0.2) is 53.6 Å². The maximum absolute atomic E-state index is 12.0. The molecule has 2 aromatic carbocycles. The van der Waals surface area contributed by atoms with E-state index < -0.39 is 5.91 Å². The van der Waals surface area contributed by atoms with Gasteiger partial charge in [0, 0.05) is 17.5 Å². The van der Waals surface area contributed by atoms with Crippen molar-refractivity contribution in [3.05, 3.63) is 54.1 Å². The lowest BCUT2D eigenvalue weighted by molar-refractivity contribution is -0.123. The highest BCUT2D eigenvalue weighted by Crippen LogP contribution is 2.18. The topological polar surface area (TPSA) is 89.0 Å². The van der Waals surface area contributed by atoms with E-state index >= 15 is 0 Å². The smallest absolute Gasteiger partial charge is 0.277 e. The Morgan fingerprint density at radius 1 is 1.04 bits per heavy atom. The molecule has 0 fully saturated rings. The minimum atomic E-state index is -0.420. The minimum absolute atomic E-state index is 0.0743. The lowest BCUT2D eigenvalue weighted by Crippen LogP contribution is -2.26. The van der Waals surface area contributed by atoms with Gasteiger partial charge in [0.1, 0.15) is 11.5 Å². The second kappa shape index (κ2) is 9.96. The molecule has 0 saturated heterocycles. The summed E-state index contributed by atoms with van der Waals surface area (Å²) in [6, 6.07) is 14.4. The van der Waals surface area contributed by atoms with Crippen molar-refractivity contribution < 1.29 is 19.1 Å². The monoisotopic (exact) mass is 369 g/mol. The van der Waals surface area contributed by atoms with Crippen LogP contribution >= 0.6 is 0 Å². The van der Waals surface area contributed by atoms with E-state index in [0.717, 1.165) is 5.56 Å². The molecule has 2 rings (SSSR count). The number of nitrogens with one attached hydrogen (secondary N) is 2. The molecule has 0 radical (unpaired) electrons. The molecule has 0 aliphatic rings. The summed E-state index contributed by atoms with van der Waals surface area (Å²) in [5, 5.41) is 6.69. The zero-order valence-electron chi connectivity index (χ0n) is 15.6. The Morgan fingerprint density at radius 2 is 1.74 bits per heavy atom. The SMILES string of the molecule is COc1cccc(OCC(=O)N/N=C(/C)CC(=O)Nc2ccc(C)cc2)c1. The Kier molecular flexibility index (Phi) is 7.37. The number of carbonyl (C=O) groups excluding carboxylic acids is 2. The predicted molar refractivity (Wildman–Crippen MR) is 104 cm³/mol. The third-order valence-electron chi connectivity index (χ3n) is 3.53. The Balaban J connectivity index is 1.75. The Hall–Kier alpha value is -3.35. The summed E-state index contributed by atoms with van der Waals surface area (Å²) >= 11 is 0. The van der Waals surface area contributed by atoms with Gasteiger partial charge in [-0.3, -0.25) is 9.59 Å². The molecule has 0 aliphatic carbocycles. The van der Waals surface area contributed by atoms with Gasteiger partial charge in [0.25, 0.3) is 5.91 Å². The van der Waals surface area contributed by atoms with Gasteiger partial charge in [-0.15, -0.1) is 0 Å². The summed E-state index contributed by atoms with van der Waals surface area (Å²) in [7, 11) is 1.55. The van der Waals surface area contributed by atoms with Crippen LogP contribution in [0.2, 0.25) is 0 Å². The number of hydrogen-bond donors (Lipinski definition) is 2. The first-order valence-corrected chi connectivity index (χ1v) is 8.41. The van der Waals surface area contributed by atoms with Crippen LogP contribution in [-0.4, -0.2) is 31.2 Å². The summed E-state index contributed by atoms with van der Waals surface area (Å²) in [5.74, 6) is 0.530. The van der Waals surface area contributed by atoms with Gasteiger partial charge in [-0.2, -0.15) is 5.10 Å². The summed E-state index contributed by atoms with van der Waals surface area (Å²) in [4.78, 5) is 23.8. The minimum Gasteiger partial charge on any atom is -0.497 e. The fourth-order valence-electron chi connectivity index (χ4n) is 2.14. The molecular formula is C20H23N3O4. The molecule has 0 bridgehead atoms. The first-order valence-electron chi connectivity index (χ1n) is 8.41. The molecule has 0 unspecified atom stereocenters. The molecule has 2 aromatic rings. The number of ether oxygens (including phenoxy) is 2. The van der Waals surface area contributed by atoms with E-state index in [1.54, 1.807) is 38.3 Å². The third kappa shape index (κ3) is 7.19. The molecule has 0 atom stereocenters. The highest BCUT2D eigenvalue weighted by Gasteiger charge is 2.06. The number of hydrazone groups is 1. The Labute approximate surface area is 158 Å². The van der Waals surface area contributed by atoms with Crippen molar-refractivity contribution in [2.45, 2.75) is 20.3 Å². The largest absolute Gasteiger partial charge is 0.497 e. The van der Waals surface area contributed by atoms with Crippen LogP contribution in [0, 0.1) is 6.92 Å². The number of anilines is 1. The summed E-state index contributed by atoms with van der Waals surface area (Å²) in [6.45, 7) is 3.44. The van der Waals surface area contributed by atoms with Gasteiger partial charge in [0.15, 0.2) is 6.61 Å². The van der Waals surface area contributed by atoms with E-state index in [1.165, 1.54) is 0 Å². The molecule has 142 valence electrons. The Morgan fingerprint density at radius 3 is 2.44 bits per heavy atom. The van der Waals surface area contributed by atoms with Gasteiger partial charge < -0.3 is 14.8 Å². The van der Waals surface area contributed by atoms with Gasteiger partial charge in [-0.1, -0.05) is 23.8 Å². The quantitative estimate of drug-likeness (QED) is 0.553. The summed E-state index contributed by atoms with van der Waals surface area (Å²) < 4.78 is 10.5. The van der Waals surface area contributed by atoms with E-state index in [2.05, 4.69) is 15.8 Å². The fourth-order valence-corrected chi connectivity index (χ4v) is 2.14. The standard InChI is InChI=1S/C20H23N3O4/c1-14-7-9-16(10-8-14)21-19(24)11-15(2)22-23-20(25)13-27-18-6-4-5-17(12-18)26-3/h4-10,12H,11,13H2,1-3H3,(H,21,24)(H,23,25)/b22-15-. The first-order chi connectivity index (χ1) is 13.0. The zero-order chi connectivity index (χ0) is 19.6. The van der Waals surface area contributed by atoms with Gasteiger partial charge in [0.05, 0.1) is 13.5 Å². The molecule has 2 N–H and O–H groups in total. The van der Waals surface area contributed by atoms with Crippen LogP contribution in [0.4, 0.5) is 5.69 Å². The molecule has 0 saturated carbocycles. The van der Waals surface area contributed by atoms with E-state index in [1.807, 2.05) is 31.2 Å². The summed E-state index contributed by atoms with van der Waals surface area (Å²) in [6.07, 6.45) is 0.0743. The molecule has 0 heterocycles. The number of methoxy groups -OCH3 is 1. The van der Waals surface area contributed by atoms with Crippen LogP contribution in [0.5, 0.6) is 11.5 Å². The number of carbonyl (C=O) groups is 2. The second-order valence-electron chi connectivity index (χ2n) is 5.94. The molecule has 2 amide bonds. The highest BCUT2D eigenvalue weighted by molar-refractivity contribution is 6.05. The maximum Gasteiger partial charge on any atom is 0.277 e. The predicted octanol–water partition coefficient (Wildman–Crippen LogP) is 2.90. The van der Waals surface area contributed by atoms with E-state index in [0.29, 0.717) is 22.9 Å². The van der Waals surface area contributed by atoms with Gasteiger partial charge in [-0.05, 0) is 38.1 Å². The van der Waals surface area contributed by atoms with Crippen molar-refractivity contribution >= 4 is 23.2 Å². The van der Waals surface area contributed by atoms with Crippen molar-refractivity contribution in [2.75, 3.05) is 19.0 Å². The van der Waals surface area contributed by atoms with Crippen LogP contribution in [0.25, 0.3) is 0 Å². The summed E-state index contributed by atoms with van der Waals surface area (Å²) in [5.41, 5.74) is 4.68. The van der Waals surface area contributed by atoms with Crippen molar-refractivity contribution in [2.24, 2.45) is 5.10 Å². The first kappa shape index (κ1) is 20.0. The average molecular weight is 369 g/mol. The van der Waals surface area contributed by atoms with Crippen molar-refractivity contribution in [3.63, 3.8) is 0 Å². The lowest BCUT2D eigenvalue weighted by atomic mass is 10.2. The molecular weight excluding hydrogens is 346 g/mol. The number of rotatable bonds is 8. The van der Waals surface area contributed by atoms with Crippen molar-refractivity contribution in [1.29, 1.82) is 0 Å². The maximum atomic E-state index is 12.0. The van der Waals surface area contributed by atoms with Crippen LogP contribution in [0.1, 0.15) is 18.9 Å². The van der Waals surface area contributed by atoms with Crippen LogP contribution < -0.4 is 20.2 Å². The third-order valence-corrected chi connectivity index (χ3v) is 3.53. The molecule has 0 aliphatic heterocycles.